The van der Waals surface area contributed by atoms with Crippen LogP contribution in [0.3, 0.4) is 0 Å². The van der Waals surface area contributed by atoms with E-state index in [2.05, 4.69) is 24.3 Å². The van der Waals surface area contributed by atoms with Crippen molar-refractivity contribution in [3.05, 3.63) is 48.0 Å². The molecule has 1 aliphatic heterocycles. The second kappa shape index (κ2) is 8.70. The van der Waals surface area contributed by atoms with Crippen LogP contribution in [0.2, 0.25) is 0 Å². The summed E-state index contributed by atoms with van der Waals surface area (Å²) in [6.07, 6.45) is 12.0. The first-order chi connectivity index (χ1) is 9.90. The molecule has 1 aromatic rings. The minimum Gasteiger partial charge on any atom is -0.378 e. The molecule has 2 heteroatoms. The van der Waals surface area contributed by atoms with E-state index in [0.29, 0.717) is 18.4 Å². The van der Waals surface area contributed by atoms with Crippen molar-refractivity contribution >= 4 is 6.29 Å². The van der Waals surface area contributed by atoms with Crippen molar-refractivity contribution < 1.29 is 9.53 Å². The lowest BCUT2D eigenvalue weighted by molar-refractivity contribution is -0.108. The van der Waals surface area contributed by atoms with Crippen LogP contribution < -0.4 is 0 Å². The van der Waals surface area contributed by atoms with Gasteiger partial charge in [0.25, 0.3) is 0 Å². The fourth-order valence-electron chi connectivity index (χ4n) is 2.71. The largest absolute Gasteiger partial charge is 0.378 e. The predicted octanol–water partition coefficient (Wildman–Crippen LogP) is 4.26. The molecule has 1 aliphatic rings. The number of benzene rings is 1. The Kier molecular flexibility index (Phi) is 6.52. The van der Waals surface area contributed by atoms with Gasteiger partial charge >= 0.3 is 0 Å². The molecule has 2 rings (SSSR count). The number of hydrogen-bond donors (Lipinski definition) is 0. The van der Waals surface area contributed by atoms with Crippen LogP contribution in [-0.4, -0.2) is 19.0 Å². The smallest absolute Gasteiger partial charge is 0.120 e. The lowest BCUT2D eigenvalue weighted by Crippen LogP contribution is -2.17. The molecule has 2 unspecified atom stereocenters. The number of aldehydes is 1. The van der Waals surface area contributed by atoms with Gasteiger partial charge in [-0.3, -0.25) is 0 Å². The summed E-state index contributed by atoms with van der Waals surface area (Å²) < 4.78 is 5.71. The first-order valence-corrected chi connectivity index (χ1v) is 7.65. The SMILES string of the molecule is O=CCC(C/C=C/CC1CCCCO1)c1ccccc1. The summed E-state index contributed by atoms with van der Waals surface area (Å²) in [4.78, 5) is 10.8. The van der Waals surface area contributed by atoms with E-state index in [9.17, 15) is 4.79 Å². The number of carbonyl (C=O) groups excluding carboxylic acids is 1. The Morgan fingerprint density at radius 2 is 2.00 bits per heavy atom. The molecule has 0 spiro atoms. The van der Waals surface area contributed by atoms with Crippen LogP contribution in [0.5, 0.6) is 0 Å². The van der Waals surface area contributed by atoms with Crippen LogP contribution in [0.1, 0.15) is 50.0 Å². The van der Waals surface area contributed by atoms with Crippen LogP contribution in [0, 0.1) is 0 Å². The van der Waals surface area contributed by atoms with Gasteiger partial charge in [-0.2, -0.15) is 0 Å². The quantitative estimate of drug-likeness (QED) is 0.547. The number of allylic oxidation sites excluding steroid dienone is 1. The van der Waals surface area contributed by atoms with E-state index in [4.69, 9.17) is 4.74 Å². The van der Waals surface area contributed by atoms with Crippen molar-refractivity contribution in [1.82, 2.24) is 0 Å². The summed E-state index contributed by atoms with van der Waals surface area (Å²) in [7, 11) is 0. The summed E-state index contributed by atoms with van der Waals surface area (Å²) >= 11 is 0. The molecule has 108 valence electrons. The molecule has 1 heterocycles. The van der Waals surface area contributed by atoms with Crippen molar-refractivity contribution in [3.8, 4) is 0 Å². The summed E-state index contributed by atoms with van der Waals surface area (Å²) in [5, 5.41) is 0. The van der Waals surface area contributed by atoms with Crippen molar-refractivity contribution in [2.24, 2.45) is 0 Å². The van der Waals surface area contributed by atoms with Gasteiger partial charge in [0.15, 0.2) is 0 Å². The first-order valence-electron chi connectivity index (χ1n) is 7.65. The third-order valence-electron chi connectivity index (χ3n) is 3.91. The first kappa shape index (κ1) is 15.0. The summed E-state index contributed by atoms with van der Waals surface area (Å²) in [5.74, 6) is 0.303. The molecule has 2 nitrogen and oxygen atoms in total. The zero-order chi connectivity index (χ0) is 14.0. The zero-order valence-electron chi connectivity index (χ0n) is 12.0. The van der Waals surface area contributed by atoms with Crippen LogP contribution >= 0.6 is 0 Å². The molecule has 1 saturated heterocycles. The summed E-state index contributed by atoms with van der Waals surface area (Å²) in [6.45, 7) is 0.913. The van der Waals surface area contributed by atoms with Crippen molar-refractivity contribution in [2.45, 2.75) is 50.5 Å². The highest BCUT2D eigenvalue weighted by Crippen LogP contribution is 2.23. The van der Waals surface area contributed by atoms with Crippen LogP contribution in [0.15, 0.2) is 42.5 Å². The number of rotatable bonds is 7. The average molecular weight is 272 g/mol. The second-order valence-electron chi connectivity index (χ2n) is 5.44. The van der Waals surface area contributed by atoms with Gasteiger partial charge in [-0.15, -0.1) is 0 Å². The van der Waals surface area contributed by atoms with Gasteiger partial charge in [-0.05, 0) is 43.6 Å². The van der Waals surface area contributed by atoms with Crippen molar-refractivity contribution in [3.63, 3.8) is 0 Å². The molecular formula is C18H24O2. The monoisotopic (exact) mass is 272 g/mol. The topological polar surface area (TPSA) is 26.3 Å². The van der Waals surface area contributed by atoms with E-state index < -0.39 is 0 Å². The molecular weight excluding hydrogens is 248 g/mol. The normalized spacial score (nSPS) is 20.9. The minimum atomic E-state index is 0.303. The van der Waals surface area contributed by atoms with Crippen molar-refractivity contribution in [1.29, 1.82) is 0 Å². The highest BCUT2D eigenvalue weighted by Gasteiger charge is 2.12. The average Bonchev–Trinajstić information content (AvgIpc) is 2.52. The fraction of sp³-hybridized carbons (Fsp3) is 0.500. The highest BCUT2D eigenvalue weighted by molar-refractivity contribution is 5.51. The Morgan fingerprint density at radius 1 is 1.15 bits per heavy atom. The molecule has 0 aromatic heterocycles. The molecule has 2 atom stereocenters. The van der Waals surface area contributed by atoms with Gasteiger partial charge in [0, 0.05) is 13.0 Å². The van der Waals surface area contributed by atoms with Gasteiger partial charge in [0.2, 0.25) is 0 Å². The Morgan fingerprint density at radius 3 is 2.70 bits per heavy atom. The Hall–Kier alpha value is -1.41. The molecule has 0 aliphatic carbocycles. The van der Waals surface area contributed by atoms with E-state index >= 15 is 0 Å². The molecule has 0 saturated carbocycles. The molecule has 1 fully saturated rings. The van der Waals surface area contributed by atoms with Crippen molar-refractivity contribution in [2.75, 3.05) is 6.61 Å². The van der Waals surface area contributed by atoms with Crippen LogP contribution in [-0.2, 0) is 9.53 Å². The lowest BCUT2D eigenvalue weighted by Gasteiger charge is -2.21. The number of carbonyl (C=O) groups is 1. The van der Waals surface area contributed by atoms with Gasteiger partial charge < -0.3 is 9.53 Å². The molecule has 0 radical (unpaired) electrons. The highest BCUT2D eigenvalue weighted by atomic mass is 16.5. The van der Waals surface area contributed by atoms with Gasteiger partial charge in [-0.25, -0.2) is 0 Å². The maximum absolute atomic E-state index is 10.8. The lowest BCUT2D eigenvalue weighted by atomic mass is 9.92. The Balaban J connectivity index is 1.81. The van der Waals surface area contributed by atoms with E-state index in [1.165, 1.54) is 24.8 Å². The Bertz CT molecular complexity index is 405. The molecule has 20 heavy (non-hydrogen) atoms. The third kappa shape index (κ3) is 4.93. The number of ether oxygens (including phenoxy) is 1. The van der Waals surface area contributed by atoms with Crippen LogP contribution in [0.25, 0.3) is 0 Å². The summed E-state index contributed by atoms with van der Waals surface area (Å²) in [5.41, 5.74) is 1.25. The standard InChI is InChI=1S/C18H24O2/c19-14-13-17(16-8-2-1-3-9-16)10-4-5-11-18-12-6-7-15-20-18/h1-5,8-9,14,17-18H,6-7,10-13,15H2/b5-4+. The fourth-order valence-corrected chi connectivity index (χ4v) is 2.71. The summed E-state index contributed by atoms with van der Waals surface area (Å²) in [6, 6.07) is 10.3. The number of hydrogen-bond acceptors (Lipinski definition) is 2. The Labute approximate surface area is 121 Å². The third-order valence-corrected chi connectivity index (χ3v) is 3.91. The molecule has 0 amide bonds. The van der Waals surface area contributed by atoms with E-state index in [-0.39, 0.29) is 0 Å². The van der Waals surface area contributed by atoms with E-state index in [0.717, 1.165) is 25.7 Å². The van der Waals surface area contributed by atoms with E-state index in [1.807, 2.05) is 18.2 Å². The maximum atomic E-state index is 10.8. The minimum absolute atomic E-state index is 0.303. The van der Waals surface area contributed by atoms with Gasteiger partial charge in [0.05, 0.1) is 6.10 Å². The van der Waals surface area contributed by atoms with Gasteiger partial charge in [0.1, 0.15) is 6.29 Å². The molecule has 0 N–H and O–H groups in total. The van der Waals surface area contributed by atoms with Crippen LogP contribution in [0.4, 0.5) is 0 Å². The second-order valence-corrected chi connectivity index (χ2v) is 5.44. The molecule has 1 aromatic carbocycles. The van der Waals surface area contributed by atoms with E-state index in [1.54, 1.807) is 0 Å². The molecule has 0 bridgehead atoms. The predicted molar refractivity (Wildman–Crippen MR) is 81.8 cm³/mol. The zero-order valence-corrected chi connectivity index (χ0v) is 12.0. The maximum Gasteiger partial charge on any atom is 0.120 e. The van der Waals surface area contributed by atoms with Gasteiger partial charge in [-0.1, -0.05) is 42.5 Å².